The molecule has 0 bridgehead atoms. The van der Waals surface area contributed by atoms with Crippen LogP contribution in [-0.2, 0) is 13.2 Å². The third-order valence-electron chi connectivity index (χ3n) is 3.96. The van der Waals surface area contributed by atoms with Crippen molar-refractivity contribution in [2.45, 2.75) is 20.1 Å². The Hall–Kier alpha value is -2.36. The Morgan fingerprint density at radius 1 is 0.741 bits per heavy atom. The first-order chi connectivity index (χ1) is 13.1. The van der Waals surface area contributed by atoms with E-state index in [9.17, 15) is 0 Å². The Balaban J connectivity index is 1.66. The molecular formula is C22H21Cl2NO2. The van der Waals surface area contributed by atoms with Gasteiger partial charge in [0.2, 0.25) is 0 Å². The van der Waals surface area contributed by atoms with Crippen LogP contribution in [0.1, 0.15) is 18.1 Å². The molecule has 3 rings (SSSR count). The minimum atomic E-state index is 0.458. The molecule has 5 heteroatoms. The van der Waals surface area contributed by atoms with Gasteiger partial charge in [-0.1, -0.05) is 41.4 Å². The molecule has 3 aromatic rings. The van der Waals surface area contributed by atoms with Gasteiger partial charge in [0.1, 0.15) is 6.61 Å². The molecule has 0 aliphatic heterocycles. The summed E-state index contributed by atoms with van der Waals surface area (Å²) >= 11 is 11.8. The molecule has 3 nitrogen and oxygen atoms in total. The van der Waals surface area contributed by atoms with Crippen molar-refractivity contribution in [3.63, 3.8) is 0 Å². The van der Waals surface area contributed by atoms with E-state index < -0.39 is 0 Å². The van der Waals surface area contributed by atoms with Crippen molar-refractivity contribution in [2.24, 2.45) is 0 Å². The van der Waals surface area contributed by atoms with Gasteiger partial charge < -0.3 is 14.8 Å². The van der Waals surface area contributed by atoms with Crippen molar-refractivity contribution in [3.8, 4) is 11.5 Å². The molecule has 0 heterocycles. The van der Waals surface area contributed by atoms with Gasteiger partial charge in [0, 0.05) is 22.3 Å². The van der Waals surface area contributed by atoms with E-state index in [-0.39, 0.29) is 0 Å². The summed E-state index contributed by atoms with van der Waals surface area (Å²) in [5.74, 6) is 1.46. The summed E-state index contributed by atoms with van der Waals surface area (Å²) in [6.07, 6.45) is 0. The Bertz CT molecular complexity index is 864. The zero-order valence-corrected chi connectivity index (χ0v) is 16.6. The second-order valence-electron chi connectivity index (χ2n) is 5.99. The molecular weight excluding hydrogens is 381 g/mol. The SMILES string of the molecule is CCOc1cc(CNc2ccc(Cl)cc2)ccc1OCc1ccc(Cl)cc1. The Labute approximate surface area is 169 Å². The van der Waals surface area contributed by atoms with Crippen LogP contribution < -0.4 is 14.8 Å². The van der Waals surface area contributed by atoms with Crippen molar-refractivity contribution in [1.82, 2.24) is 0 Å². The zero-order chi connectivity index (χ0) is 19.1. The zero-order valence-electron chi connectivity index (χ0n) is 15.0. The molecule has 0 atom stereocenters. The fraction of sp³-hybridized carbons (Fsp3) is 0.182. The summed E-state index contributed by atoms with van der Waals surface area (Å²) in [4.78, 5) is 0. The van der Waals surface area contributed by atoms with Crippen molar-refractivity contribution in [1.29, 1.82) is 0 Å². The maximum atomic E-state index is 5.94. The average molecular weight is 402 g/mol. The van der Waals surface area contributed by atoms with Crippen molar-refractivity contribution >= 4 is 28.9 Å². The maximum absolute atomic E-state index is 5.94. The molecule has 0 fully saturated rings. The molecule has 0 aliphatic rings. The topological polar surface area (TPSA) is 30.5 Å². The van der Waals surface area contributed by atoms with Crippen LogP contribution in [0.2, 0.25) is 10.0 Å². The molecule has 3 aromatic carbocycles. The first-order valence-electron chi connectivity index (χ1n) is 8.76. The number of benzene rings is 3. The van der Waals surface area contributed by atoms with Crippen LogP contribution in [-0.4, -0.2) is 6.61 Å². The monoisotopic (exact) mass is 401 g/mol. The van der Waals surface area contributed by atoms with E-state index in [1.54, 1.807) is 0 Å². The lowest BCUT2D eigenvalue weighted by Crippen LogP contribution is -2.03. The summed E-state index contributed by atoms with van der Waals surface area (Å²) in [5, 5.41) is 4.81. The normalized spacial score (nSPS) is 10.5. The number of hydrogen-bond acceptors (Lipinski definition) is 3. The van der Waals surface area contributed by atoms with Crippen LogP contribution in [0.25, 0.3) is 0 Å². The molecule has 0 saturated carbocycles. The predicted molar refractivity (Wildman–Crippen MR) is 112 cm³/mol. The van der Waals surface area contributed by atoms with Crippen molar-refractivity contribution < 1.29 is 9.47 Å². The van der Waals surface area contributed by atoms with E-state index in [1.807, 2.05) is 73.7 Å². The van der Waals surface area contributed by atoms with Gasteiger partial charge in [-0.15, -0.1) is 0 Å². The second-order valence-corrected chi connectivity index (χ2v) is 6.86. The van der Waals surface area contributed by atoms with Crippen LogP contribution in [0.3, 0.4) is 0 Å². The van der Waals surface area contributed by atoms with Crippen LogP contribution in [0.15, 0.2) is 66.7 Å². The molecule has 0 aliphatic carbocycles. The summed E-state index contributed by atoms with van der Waals surface area (Å²) in [6, 6.07) is 21.2. The van der Waals surface area contributed by atoms with E-state index in [0.29, 0.717) is 24.8 Å². The van der Waals surface area contributed by atoms with Gasteiger partial charge in [0.15, 0.2) is 11.5 Å². The molecule has 27 heavy (non-hydrogen) atoms. The minimum Gasteiger partial charge on any atom is -0.490 e. The fourth-order valence-electron chi connectivity index (χ4n) is 2.56. The molecule has 0 amide bonds. The molecule has 0 aromatic heterocycles. The molecule has 0 radical (unpaired) electrons. The molecule has 140 valence electrons. The fourth-order valence-corrected chi connectivity index (χ4v) is 2.82. The second kappa shape index (κ2) is 9.54. The van der Waals surface area contributed by atoms with Crippen LogP contribution in [0, 0.1) is 0 Å². The smallest absolute Gasteiger partial charge is 0.161 e. The maximum Gasteiger partial charge on any atom is 0.161 e. The number of halogens is 2. The van der Waals surface area contributed by atoms with E-state index in [0.717, 1.165) is 33.3 Å². The Kier molecular flexibility index (Phi) is 6.86. The average Bonchev–Trinajstić information content (AvgIpc) is 2.68. The summed E-state index contributed by atoms with van der Waals surface area (Å²) in [5.41, 5.74) is 3.17. The number of hydrogen-bond donors (Lipinski definition) is 1. The first kappa shape index (κ1) is 19.4. The Morgan fingerprint density at radius 3 is 2.04 bits per heavy atom. The Morgan fingerprint density at radius 2 is 1.37 bits per heavy atom. The molecule has 0 unspecified atom stereocenters. The van der Waals surface area contributed by atoms with Gasteiger partial charge in [-0.3, -0.25) is 0 Å². The van der Waals surface area contributed by atoms with E-state index in [1.165, 1.54) is 0 Å². The highest BCUT2D eigenvalue weighted by Crippen LogP contribution is 2.30. The predicted octanol–water partition coefficient (Wildman–Crippen LogP) is 6.58. The third-order valence-corrected chi connectivity index (χ3v) is 4.46. The van der Waals surface area contributed by atoms with Crippen molar-refractivity contribution in [2.75, 3.05) is 11.9 Å². The summed E-state index contributed by atoms with van der Waals surface area (Å²) < 4.78 is 11.7. The molecule has 1 N–H and O–H groups in total. The van der Waals surface area contributed by atoms with E-state index in [4.69, 9.17) is 32.7 Å². The lowest BCUT2D eigenvalue weighted by atomic mass is 10.2. The van der Waals surface area contributed by atoms with Crippen molar-refractivity contribution in [3.05, 3.63) is 87.9 Å². The quantitative estimate of drug-likeness (QED) is 0.462. The standard InChI is InChI=1S/C22H21Cl2NO2/c1-2-26-22-13-17(14-25-20-10-8-19(24)9-11-20)5-12-21(22)27-15-16-3-6-18(23)7-4-16/h3-13,25H,2,14-15H2,1H3. The third kappa shape index (κ3) is 5.81. The molecule has 0 saturated heterocycles. The lowest BCUT2D eigenvalue weighted by molar-refractivity contribution is 0.269. The first-order valence-corrected chi connectivity index (χ1v) is 9.52. The van der Waals surface area contributed by atoms with E-state index in [2.05, 4.69) is 5.32 Å². The molecule has 0 spiro atoms. The number of ether oxygens (including phenoxy) is 2. The lowest BCUT2D eigenvalue weighted by Gasteiger charge is -2.14. The van der Waals surface area contributed by atoms with Gasteiger partial charge in [-0.2, -0.15) is 0 Å². The summed E-state index contributed by atoms with van der Waals surface area (Å²) in [6.45, 7) is 3.67. The van der Waals surface area contributed by atoms with Gasteiger partial charge in [-0.25, -0.2) is 0 Å². The number of nitrogens with one attached hydrogen (secondary N) is 1. The number of rotatable bonds is 8. The summed E-state index contributed by atoms with van der Waals surface area (Å²) in [7, 11) is 0. The highest BCUT2D eigenvalue weighted by molar-refractivity contribution is 6.30. The van der Waals surface area contributed by atoms with Gasteiger partial charge >= 0.3 is 0 Å². The van der Waals surface area contributed by atoms with Gasteiger partial charge in [-0.05, 0) is 66.6 Å². The van der Waals surface area contributed by atoms with E-state index >= 15 is 0 Å². The van der Waals surface area contributed by atoms with Gasteiger partial charge in [0.05, 0.1) is 6.61 Å². The minimum absolute atomic E-state index is 0.458. The number of anilines is 1. The van der Waals surface area contributed by atoms with Crippen LogP contribution >= 0.6 is 23.2 Å². The highest BCUT2D eigenvalue weighted by Gasteiger charge is 2.07. The van der Waals surface area contributed by atoms with Crippen LogP contribution in [0.5, 0.6) is 11.5 Å². The largest absolute Gasteiger partial charge is 0.490 e. The van der Waals surface area contributed by atoms with Gasteiger partial charge in [0.25, 0.3) is 0 Å². The highest BCUT2D eigenvalue weighted by atomic mass is 35.5. The van der Waals surface area contributed by atoms with Crippen LogP contribution in [0.4, 0.5) is 5.69 Å².